The van der Waals surface area contributed by atoms with Crippen LogP contribution in [0.25, 0.3) is 0 Å². The van der Waals surface area contributed by atoms with E-state index in [2.05, 4.69) is 10.6 Å². The number of carbonyl (C=O) groups is 3. The van der Waals surface area contributed by atoms with E-state index in [1.54, 1.807) is 24.3 Å². The molecule has 9 heteroatoms. The highest BCUT2D eigenvalue weighted by molar-refractivity contribution is 6.44. The summed E-state index contributed by atoms with van der Waals surface area (Å²) in [4.78, 5) is 37.6. The van der Waals surface area contributed by atoms with Gasteiger partial charge in [0.1, 0.15) is 0 Å². The maximum atomic E-state index is 12.6. The van der Waals surface area contributed by atoms with Gasteiger partial charge in [0.25, 0.3) is 0 Å². The predicted molar refractivity (Wildman–Crippen MR) is 111 cm³/mol. The maximum absolute atomic E-state index is 12.6. The molecule has 1 heterocycles. The Labute approximate surface area is 176 Å². The van der Waals surface area contributed by atoms with Crippen LogP contribution in [0.15, 0.2) is 36.4 Å². The molecule has 0 bridgehead atoms. The molecule has 0 saturated carbocycles. The number of amides is 3. The molecule has 1 aliphatic heterocycles. The minimum Gasteiger partial charge on any atom is -0.326 e. The lowest BCUT2D eigenvalue weighted by atomic mass is 10.1. The Morgan fingerprint density at radius 1 is 1.00 bits per heavy atom. The third-order valence-corrected chi connectivity index (χ3v) is 5.30. The van der Waals surface area contributed by atoms with Crippen molar-refractivity contribution in [3.8, 4) is 0 Å². The number of benzene rings is 2. The van der Waals surface area contributed by atoms with Gasteiger partial charge in [-0.1, -0.05) is 34.8 Å². The Morgan fingerprint density at radius 2 is 1.64 bits per heavy atom. The number of hydrogen-bond donors (Lipinski definition) is 2. The SMILES string of the molecule is CC(=O)Nc1ccc(N2CC(C(=O)Nc3cc(Cl)c(Cl)cc3Cl)CC2=O)cc1. The van der Waals surface area contributed by atoms with Gasteiger partial charge < -0.3 is 15.5 Å². The van der Waals surface area contributed by atoms with E-state index < -0.39 is 5.92 Å². The van der Waals surface area contributed by atoms with Gasteiger partial charge in [0.2, 0.25) is 17.7 Å². The van der Waals surface area contributed by atoms with E-state index in [-0.39, 0.29) is 45.8 Å². The fourth-order valence-corrected chi connectivity index (χ4v) is 3.51. The van der Waals surface area contributed by atoms with Crippen molar-refractivity contribution in [3.05, 3.63) is 51.5 Å². The molecule has 0 aliphatic carbocycles. The summed E-state index contributed by atoms with van der Waals surface area (Å²) in [5.74, 6) is -1.20. The minimum absolute atomic E-state index is 0.0816. The zero-order chi connectivity index (χ0) is 20.4. The first-order valence-corrected chi connectivity index (χ1v) is 9.51. The molecule has 0 radical (unpaired) electrons. The highest BCUT2D eigenvalue weighted by Gasteiger charge is 2.35. The minimum atomic E-state index is -0.534. The molecule has 1 unspecified atom stereocenters. The summed E-state index contributed by atoms with van der Waals surface area (Å²) >= 11 is 18.0. The molecule has 1 aliphatic rings. The van der Waals surface area contributed by atoms with Gasteiger partial charge in [-0.15, -0.1) is 0 Å². The van der Waals surface area contributed by atoms with Crippen LogP contribution in [0.3, 0.4) is 0 Å². The van der Waals surface area contributed by atoms with Crippen molar-refractivity contribution >= 4 is 69.6 Å². The molecule has 3 rings (SSSR count). The van der Waals surface area contributed by atoms with E-state index >= 15 is 0 Å². The predicted octanol–water partition coefficient (Wildman–Crippen LogP) is 4.60. The van der Waals surface area contributed by atoms with E-state index in [9.17, 15) is 14.4 Å². The molecule has 2 aromatic carbocycles. The average molecular weight is 441 g/mol. The van der Waals surface area contributed by atoms with Crippen LogP contribution >= 0.6 is 34.8 Å². The molecule has 0 aromatic heterocycles. The lowest BCUT2D eigenvalue weighted by Crippen LogP contribution is -2.28. The van der Waals surface area contributed by atoms with Crippen LogP contribution in [0.4, 0.5) is 17.1 Å². The summed E-state index contributed by atoms with van der Waals surface area (Å²) in [5, 5.41) is 6.18. The van der Waals surface area contributed by atoms with Gasteiger partial charge in [-0.2, -0.15) is 0 Å². The monoisotopic (exact) mass is 439 g/mol. The highest BCUT2D eigenvalue weighted by atomic mass is 35.5. The summed E-state index contributed by atoms with van der Waals surface area (Å²) in [6, 6.07) is 9.77. The summed E-state index contributed by atoms with van der Waals surface area (Å²) in [7, 11) is 0. The van der Waals surface area contributed by atoms with Crippen LogP contribution in [0.5, 0.6) is 0 Å². The van der Waals surface area contributed by atoms with Crippen LogP contribution in [0.1, 0.15) is 13.3 Å². The molecular weight excluding hydrogens is 425 g/mol. The van der Waals surface area contributed by atoms with Gasteiger partial charge in [-0.3, -0.25) is 14.4 Å². The Bertz CT molecular complexity index is 947. The first-order chi connectivity index (χ1) is 13.2. The molecule has 2 aromatic rings. The van der Waals surface area contributed by atoms with Gasteiger partial charge in [0.15, 0.2) is 0 Å². The topological polar surface area (TPSA) is 78.5 Å². The third-order valence-electron chi connectivity index (χ3n) is 4.26. The van der Waals surface area contributed by atoms with Crippen molar-refractivity contribution in [2.75, 3.05) is 22.1 Å². The highest BCUT2D eigenvalue weighted by Crippen LogP contribution is 2.33. The van der Waals surface area contributed by atoms with Crippen molar-refractivity contribution in [1.29, 1.82) is 0 Å². The Hall–Kier alpha value is -2.28. The number of carbonyl (C=O) groups excluding carboxylic acids is 3. The van der Waals surface area contributed by atoms with Gasteiger partial charge in [0, 0.05) is 31.3 Å². The normalized spacial score (nSPS) is 16.2. The van der Waals surface area contributed by atoms with Gasteiger partial charge in [-0.05, 0) is 36.4 Å². The van der Waals surface area contributed by atoms with Crippen LogP contribution in [0.2, 0.25) is 15.1 Å². The van der Waals surface area contributed by atoms with Crippen LogP contribution in [-0.4, -0.2) is 24.3 Å². The first-order valence-electron chi connectivity index (χ1n) is 8.38. The molecule has 6 nitrogen and oxygen atoms in total. The zero-order valence-corrected chi connectivity index (χ0v) is 17.0. The number of hydrogen-bond acceptors (Lipinski definition) is 3. The second-order valence-corrected chi connectivity index (χ2v) is 7.59. The average Bonchev–Trinajstić information content (AvgIpc) is 3.02. The largest absolute Gasteiger partial charge is 0.326 e. The van der Waals surface area contributed by atoms with E-state index in [1.807, 2.05) is 0 Å². The van der Waals surface area contributed by atoms with E-state index in [1.165, 1.54) is 24.0 Å². The maximum Gasteiger partial charge on any atom is 0.229 e. The summed E-state index contributed by atoms with van der Waals surface area (Å²) in [6.07, 6.45) is 0.0816. The number of anilines is 3. The Balaban J connectivity index is 1.69. The number of nitrogens with one attached hydrogen (secondary N) is 2. The van der Waals surface area contributed by atoms with Crippen molar-refractivity contribution in [1.82, 2.24) is 0 Å². The van der Waals surface area contributed by atoms with Gasteiger partial charge in [0.05, 0.1) is 26.7 Å². The Kier molecular flexibility index (Phi) is 6.13. The fraction of sp³-hybridized carbons (Fsp3) is 0.211. The summed E-state index contributed by atoms with van der Waals surface area (Å²) in [5.41, 5.74) is 1.63. The third kappa shape index (κ3) is 4.58. The van der Waals surface area contributed by atoms with E-state index in [0.717, 1.165) is 0 Å². The number of halogens is 3. The lowest BCUT2D eigenvalue weighted by Gasteiger charge is -2.17. The quantitative estimate of drug-likeness (QED) is 0.682. The Morgan fingerprint density at radius 3 is 2.29 bits per heavy atom. The molecule has 1 fully saturated rings. The zero-order valence-electron chi connectivity index (χ0n) is 14.8. The molecule has 146 valence electrons. The molecule has 2 N–H and O–H groups in total. The van der Waals surface area contributed by atoms with Crippen LogP contribution < -0.4 is 15.5 Å². The number of nitrogens with zero attached hydrogens (tertiary/aromatic N) is 1. The molecule has 3 amide bonds. The molecule has 28 heavy (non-hydrogen) atoms. The van der Waals surface area contributed by atoms with Crippen molar-refractivity contribution in [3.63, 3.8) is 0 Å². The first kappa shape index (κ1) is 20.5. The van der Waals surface area contributed by atoms with Crippen LogP contribution in [0, 0.1) is 5.92 Å². The number of rotatable bonds is 4. The van der Waals surface area contributed by atoms with Crippen molar-refractivity contribution in [2.24, 2.45) is 5.92 Å². The van der Waals surface area contributed by atoms with E-state index in [4.69, 9.17) is 34.8 Å². The fourth-order valence-electron chi connectivity index (χ4n) is 2.91. The molecule has 1 saturated heterocycles. The lowest BCUT2D eigenvalue weighted by molar-refractivity contribution is -0.122. The van der Waals surface area contributed by atoms with E-state index in [0.29, 0.717) is 17.1 Å². The molecular formula is C19H16Cl3N3O3. The van der Waals surface area contributed by atoms with Gasteiger partial charge in [-0.25, -0.2) is 0 Å². The molecule has 0 spiro atoms. The van der Waals surface area contributed by atoms with Crippen molar-refractivity contribution in [2.45, 2.75) is 13.3 Å². The van der Waals surface area contributed by atoms with Crippen LogP contribution in [-0.2, 0) is 14.4 Å². The standard InChI is InChI=1S/C19H16Cl3N3O3/c1-10(26)23-12-2-4-13(5-3-12)25-9-11(6-18(25)27)19(28)24-17-8-15(21)14(20)7-16(17)22/h2-5,7-8,11H,6,9H2,1H3,(H,23,26)(H,24,28). The second kappa shape index (κ2) is 8.39. The van der Waals surface area contributed by atoms with Crippen molar-refractivity contribution < 1.29 is 14.4 Å². The summed E-state index contributed by atoms with van der Waals surface area (Å²) in [6.45, 7) is 1.66. The second-order valence-electron chi connectivity index (χ2n) is 6.37. The summed E-state index contributed by atoms with van der Waals surface area (Å²) < 4.78 is 0. The van der Waals surface area contributed by atoms with Gasteiger partial charge >= 0.3 is 0 Å². The smallest absolute Gasteiger partial charge is 0.229 e. The molecule has 1 atom stereocenters.